The Morgan fingerprint density at radius 3 is 2.59 bits per heavy atom. The molecular weight excluding hydrogens is 557 g/mol. The molecule has 2 aliphatic heterocycles. The van der Waals surface area contributed by atoms with Gasteiger partial charge in [-0.15, -0.1) is 11.3 Å². The van der Waals surface area contributed by atoms with E-state index in [0.29, 0.717) is 24.2 Å². The van der Waals surface area contributed by atoms with Crippen LogP contribution in [0.5, 0.6) is 0 Å². The predicted octanol–water partition coefficient (Wildman–Crippen LogP) is 3.45. The van der Waals surface area contributed by atoms with Gasteiger partial charge in [-0.05, 0) is 50.2 Å². The molecule has 5 N–H and O–H groups in total. The van der Waals surface area contributed by atoms with Gasteiger partial charge in [-0.25, -0.2) is 32.9 Å². The third-order valence-electron chi connectivity index (χ3n) is 6.66. The van der Waals surface area contributed by atoms with Gasteiger partial charge in [-0.1, -0.05) is 6.07 Å². The first-order chi connectivity index (χ1) is 19.5. The predicted molar refractivity (Wildman–Crippen MR) is 137 cm³/mol. The second-order valence-corrected chi connectivity index (χ2v) is 12.5. The molecule has 4 heterocycles. The highest BCUT2D eigenvalue weighted by molar-refractivity contribution is 7.89. The molecule has 39 heavy (non-hydrogen) atoms. The number of aromatic nitrogens is 3. The standard InChI is InChI=1S/C22H24N6O2S2.C2HF3O2/c1-12-2-5-15(32(29,30)28-22-7-14(8-22)26-11-22)6-16(12)17-9-24-20(23)19(27-17)18-10-25-21(31-18)13-3-4-13;3-2(4,5)1(6)7/h2,5-6,9-10,13-14,26,28H,3-4,7-8,11H2,1H3,(H2,23,24);(H,6,7)/i1D3;. The highest BCUT2D eigenvalue weighted by Gasteiger charge is 2.52. The lowest BCUT2D eigenvalue weighted by Gasteiger charge is -2.37. The van der Waals surface area contributed by atoms with Gasteiger partial charge < -0.3 is 16.2 Å². The van der Waals surface area contributed by atoms with E-state index < -0.39 is 34.6 Å². The number of aryl methyl sites for hydroxylation is 1. The maximum Gasteiger partial charge on any atom is 0.490 e. The van der Waals surface area contributed by atoms with E-state index in [1.165, 1.54) is 35.7 Å². The lowest BCUT2D eigenvalue weighted by Crippen LogP contribution is -2.54. The van der Waals surface area contributed by atoms with Crippen LogP contribution in [0.4, 0.5) is 19.0 Å². The third kappa shape index (κ3) is 5.76. The number of rotatable bonds is 6. The highest BCUT2D eigenvalue weighted by atomic mass is 32.2. The molecule has 2 saturated carbocycles. The summed E-state index contributed by atoms with van der Waals surface area (Å²) in [6.07, 6.45) is 1.73. The summed E-state index contributed by atoms with van der Waals surface area (Å²) in [6.45, 7) is -1.89. The molecular formula is C24H25F3N6O4S2. The molecule has 10 nitrogen and oxygen atoms in total. The number of alkyl halides is 3. The number of carbonyl (C=O) groups is 1. The van der Waals surface area contributed by atoms with Crippen molar-refractivity contribution in [3.63, 3.8) is 0 Å². The van der Waals surface area contributed by atoms with Crippen LogP contribution in [0.25, 0.3) is 21.8 Å². The first-order valence-corrected chi connectivity index (χ1v) is 14.1. The van der Waals surface area contributed by atoms with E-state index in [4.69, 9.17) is 19.7 Å². The number of sulfonamides is 1. The van der Waals surface area contributed by atoms with Crippen LogP contribution in [0, 0.1) is 6.85 Å². The van der Waals surface area contributed by atoms with Gasteiger partial charge in [-0.3, -0.25) is 0 Å². The molecule has 4 fully saturated rings. The normalized spacial score (nSPS) is 23.6. The van der Waals surface area contributed by atoms with E-state index in [2.05, 4.69) is 25.0 Å². The van der Waals surface area contributed by atoms with Crippen LogP contribution in [0.3, 0.4) is 0 Å². The van der Waals surface area contributed by atoms with Crippen molar-refractivity contribution in [2.45, 2.75) is 61.1 Å². The average molecular weight is 586 g/mol. The minimum absolute atomic E-state index is 0.00569. The number of carboxylic acids is 1. The molecule has 7 rings (SSSR count). The van der Waals surface area contributed by atoms with Crippen LogP contribution in [0.2, 0.25) is 0 Å². The summed E-state index contributed by atoms with van der Waals surface area (Å²) in [4.78, 5) is 23.0. The molecule has 0 radical (unpaired) electrons. The van der Waals surface area contributed by atoms with Crippen LogP contribution in [-0.2, 0) is 14.8 Å². The molecule has 0 unspecified atom stereocenters. The summed E-state index contributed by atoms with van der Waals surface area (Å²) in [6, 6.07) is 4.38. The highest BCUT2D eigenvalue weighted by Crippen LogP contribution is 2.44. The summed E-state index contributed by atoms with van der Waals surface area (Å²) < 4.78 is 85.0. The van der Waals surface area contributed by atoms with Gasteiger partial charge in [-0.2, -0.15) is 13.2 Å². The van der Waals surface area contributed by atoms with Gasteiger partial charge in [0.05, 0.1) is 26.7 Å². The first kappa shape index (κ1) is 23.7. The van der Waals surface area contributed by atoms with E-state index in [1.54, 1.807) is 6.20 Å². The number of nitrogens with one attached hydrogen (secondary N) is 2. The number of nitrogens with zero attached hydrogens (tertiary/aromatic N) is 3. The van der Waals surface area contributed by atoms with Crippen molar-refractivity contribution in [3.05, 3.63) is 41.2 Å². The Kier molecular flexibility index (Phi) is 5.96. The van der Waals surface area contributed by atoms with E-state index in [0.717, 1.165) is 35.6 Å². The van der Waals surface area contributed by atoms with Crippen molar-refractivity contribution in [2.75, 3.05) is 12.3 Å². The van der Waals surface area contributed by atoms with Crippen molar-refractivity contribution < 1.29 is 35.6 Å². The van der Waals surface area contributed by atoms with Gasteiger partial charge in [0.25, 0.3) is 0 Å². The van der Waals surface area contributed by atoms with Crippen molar-refractivity contribution in [2.24, 2.45) is 0 Å². The number of carboxylic acid groups (broad SMARTS) is 1. The zero-order chi connectivity index (χ0) is 30.7. The Morgan fingerprint density at radius 2 is 2.00 bits per heavy atom. The van der Waals surface area contributed by atoms with Gasteiger partial charge >= 0.3 is 12.1 Å². The quantitative estimate of drug-likeness (QED) is 0.340. The molecule has 4 aliphatic rings. The minimum Gasteiger partial charge on any atom is -0.475 e. The maximum absolute atomic E-state index is 13.2. The van der Waals surface area contributed by atoms with E-state index >= 15 is 0 Å². The largest absolute Gasteiger partial charge is 0.490 e. The van der Waals surface area contributed by atoms with Gasteiger partial charge in [0.1, 0.15) is 5.69 Å². The second-order valence-electron chi connectivity index (χ2n) is 9.71. The molecule has 2 bridgehead atoms. The summed E-state index contributed by atoms with van der Waals surface area (Å²) in [5.41, 5.74) is 6.46. The Bertz CT molecular complexity index is 1630. The molecule has 1 aromatic carbocycles. The fourth-order valence-electron chi connectivity index (χ4n) is 4.50. The van der Waals surface area contributed by atoms with Gasteiger partial charge in [0.15, 0.2) is 5.82 Å². The SMILES string of the molecule is O=C(O)C(F)(F)F.[2H]C([2H])([2H])c1ccc(S(=O)(=O)NC23CNC(C2)C3)cc1-c1cnc(N)c(-c2cnc(C3CC3)s2)n1. The molecule has 15 heteroatoms. The molecule has 208 valence electrons. The Labute approximate surface area is 230 Å². The number of aliphatic carboxylic acids is 1. The molecule has 2 aliphatic carbocycles. The maximum atomic E-state index is 13.2. The van der Waals surface area contributed by atoms with E-state index in [-0.39, 0.29) is 27.5 Å². The topological polar surface area (TPSA) is 160 Å². The fourth-order valence-corrected chi connectivity index (χ4v) is 7.04. The molecule has 2 aromatic heterocycles. The third-order valence-corrected chi connectivity index (χ3v) is 9.40. The lowest BCUT2D eigenvalue weighted by molar-refractivity contribution is -0.192. The molecule has 0 atom stereocenters. The van der Waals surface area contributed by atoms with Crippen LogP contribution in [-0.4, -0.2) is 58.7 Å². The fraction of sp³-hybridized carbons (Fsp3) is 0.417. The number of nitrogen functional groups attached to an aromatic ring is 1. The number of fused-ring (bicyclic) bond motifs is 1. The van der Waals surface area contributed by atoms with Crippen molar-refractivity contribution in [3.8, 4) is 21.8 Å². The van der Waals surface area contributed by atoms with Crippen LogP contribution in [0.15, 0.2) is 35.5 Å². The summed E-state index contributed by atoms with van der Waals surface area (Å²) in [5, 5.41) is 11.4. The average Bonchev–Trinajstić information content (AvgIpc) is 3.28. The lowest BCUT2D eigenvalue weighted by atomic mass is 9.79. The number of halogens is 3. The number of anilines is 1. The van der Waals surface area contributed by atoms with Crippen molar-refractivity contribution >= 4 is 33.1 Å². The van der Waals surface area contributed by atoms with Crippen molar-refractivity contribution in [1.82, 2.24) is 25.0 Å². The zero-order valence-corrected chi connectivity index (χ0v) is 21.8. The molecule has 0 spiro atoms. The Morgan fingerprint density at radius 1 is 1.28 bits per heavy atom. The Balaban J connectivity index is 0.000000451. The van der Waals surface area contributed by atoms with E-state index in [9.17, 15) is 21.6 Å². The van der Waals surface area contributed by atoms with Crippen molar-refractivity contribution in [1.29, 1.82) is 0 Å². The number of benzene rings is 1. The van der Waals surface area contributed by atoms with Crippen LogP contribution in [0.1, 0.15) is 46.3 Å². The number of thiazole rings is 1. The summed E-state index contributed by atoms with van der Waals surface area (Å²) in [7, 11) is -3.88. The van der Waals surface area contributed by atoms with Gasteiger partial charge in [0, 0.05) is 39.9 Å². The van der Waals surface area contributed by atoms with E-state index in [1.807, 2.05) is 0 Å². The first-order valence-electron chi connectivity index (χ1n) is 13.3. The van der Waals surface area contributed by atoms with Crippen LogP contribution >= 0.6 is 11.3 Å². The van der Waals surface area contributed by atoms with Gasteiger partial charge in [0.2, 0.25) is 10.0 Å². The monoisotopic (exact) mass is 585 g/mol. The summed E-state index contributed by atoms with van der Waals surface area (Å²) in [5.74, 6) is -2.08. The molecule has 0 amide bonds. The Hall–Kier alpha value is -3.14. The number of nitrogens with two attached hydrogens (primary N) is 1. The molecule has 2 saturated heterocycles. The number of hydrogen-bond acceptors (Lipinski definition) is 9. The zero-order valence-electron chi connectivity index (χ0n) is 23.1. The second kappa shape index (κ2) is 9.80. The summed E-state index contributed by atoms with van der Waals surface area (Å²) >= 11 is 1.50. The smallest absolute Gasteiger partial charge is 0.475 e. The van der Waals surface area contributed by atoms with Crippen LogP contribution < -0.4 is 15.8 Å². The number of hydrogen-bond donors (Lipinski definition) is 4. The minimum atomic E-state index is -5.08. The molecule has 3 aromatic rings.